The van der Waals surface area contributed by atoms with E-state index >= 15 is 0 Å². The standard InChI is InChI=1S/C23H26FN7O/c1-29-9-7-26-18-6-5-15(24)11-16(18)19-4-3-8-31(19)20-10-14(12-27-22(20)25)17-13-30(2)28-21(17)23(29)32/h5-6,10-13,19,26H,3-4,7-9H2,1-2H3,(H2,25,27)/t19-/m1/s1. The van der Waals surface area contributed by atoms with Crippen molar-refractivity contribution in [1.82, 2.24) is 19.7 Å². The summed E-state index contributed by atoms with van der Waals surface area (Å²) in [5.74, 6) is -0.0329. The molecule has 1 fully saturated rings. The Morgan fingerprint density at radius 2 is 2.06 bits per heavy atom. The summed E-state index contributed by atoms with van der Waals surface area (Å²) < 4.78 is 15.9. The lowest BCUT2D eigenvalue weighted by Crippen LogP contribution is -2.32. The minimum absolute atomic E-state index is 0.0248. The summed E-state index contributed by atoms with van der Waals surface area (Å²) in [6.07, 6.45) is 5.36. The minimum Gasteiger partial charge on any atom is -0.383 e. The highest BCUT2D eigenvalue weighted by Gasteiger charge is 2.31. The number of benzene rings is 1. The van der Waals surface area contributed by atoms with Crippen LogP contribution in [-0.2, 0) is 7.05 Å². The van der Waals surface area contributed by atoms with Crippen LogP contribution in [0.4, 0.5) is 21.6 Å². The van der Waals surface area contributed by atoms with Crippen molar-refractivity contribution < 1.29 is 9.18 Å². The lowest BCUT2D eigenvalue weighted by molar-refractivity contribution is 0.0794. The number of aromatic nitrogens is 3. The summed E-state index contributed by atoms with van der Waals surface area (Å²) in [6.45, 7) is 1.80. The molecule has 8 nitrogen and oxygen atoms in total. The number of rotatable bonds is 0. The number of aryl methyl sites for hydroxylation is 1. The Bertz CT molecular complexity index is 1190. The molecule has 2 aliphatic heterocycles. The molecule has 0 aliphatic carbocycles. The maximum absolute atomic E-state index is 14.3. The Kier molecular flexibility index (Phi) is 4.96. The van der Waals surface area contributed by atoms with Crippen LogP contribution in [0, 0.1) is 5.82 Å². The van der Waals surface area contributed by atoms with Crippen molar-refractivity contribution in [2.75, 3.05) is 42.6 Å². The van der Waals surface area contributed by atoms with Gasteiger partial charge in [0.05, 0.1) is 11.7 Å². The minimum atomic E-state index is -0.273. The molecule has 1 atom stereocenters. The molecular formula is C23H26FN7O. The van der Waals surface area contributed by atoms with Gasteiger partial charge in [0.2, 0.25) is 0 Å². The van der Waals surface area contributed by atoms with Gasteiger partial charge in [-0.2, -0.15) is 5.10 Å². The predicted octanol–water partition coefficient (Wildman–Crippen LogP) is 3.04. The van der Waals surface area contributed by atoms with Crippen molar-refractivity contribution in [3.63, 3.8) is 0 Å². The molecule has 3 aromatic rings. The molecule has 0 radical (unpaired) electrons. The van der Waals surface area contributed by atoms with Gasteiger partial charge in [-0.1, -0.05) is 0 Å². The highest BCUT2D eigenvalue weighted by Crippen LogP contribution is 2.42. The van der Waals surface area contributed by atoms with Gasteiger partial charge in [-0.3, -0.25) is 9.48 Å². The summed E-state index contributed by atoms with van der Waals surface area (Å²) in [6, 6.07) is 6.76. The fraction of sp³-hybridized carbons (Fsp3) is 0.348. The number of halogens is 1. The Balaban J connectivity index is 1.70. The molecule has 4 heterocycles. The lowest BCUT2D eigenvalue weighted by atomic mass is 10.0. The zero-order valence-electron chi connectivity index (χ0n) is 18.2. The average molecular weight is 436 g/mol. The number of pyridine rings is 1. The molecule has 2 aromatic heterocycles. The SMILES string of the molecule is CN1CCNc2ccc(F)cc2[C@H]2CCCN2c2cc(cnc2N)-c2cn(C)nc2C1=O. The van der Waals surface area contributed by atoms with Crippen molar-refractivity contribution in [2.24, 2.45) is 7.05 Å². The van der Waals surface area contributed by atoms with Crippen LogP contribution < -0.4 is 16.0 Å². The zero-order chi connectivity index (χ0) is 22.4. The van der Waals surface area contributed by atoms with Crippen LogP contribution in [0.15, 0.2) is 36.7 Å². The molecule has 1 aromatic carbocycles. The van der Waals surface area contributed by atoms with Crippen LogP contribution >= 0.6 is 0 Å². The summed E-state index contributed by atoms with van der Waals surface area (Å²) >= 11 is 0. The smallest absolute Gasteiger partial charge is 0.274 e. The first kappa shape index (κ1) is 20.3. The van der Waals surface area contributed by atoms with Crippen LogP contribution in [0.25, 0.3) is 11.1 Å². The van der Waals surface area contributed by atoms with Crippen LogP contribution in [0.5, 0.6) is 0 Å². The third-order valence-corrected chi connectivity index (χ3v) is 6.28. The number of hydrogen-bond donors (Lipinski definition) is 2. The second-order valence-electron chi connectivity index (χ2n) is 8.43. The predicted molar refractivity (Wildman–Crippen MR) is 122 cm³/mol. The number of likely N-dealkylation sites (N-methyl/N-ethyl adjacent to an activating group) is 1. The Hall–Kier alpha value is -3.62. The number of nitrogens with one attached hydrogen (secondary N) is 1. The number of hydrogen-bond acceptors (Lipinski definition) is 6. The van der Waals surface area contributed by atoms with Crippen molar-refractivity contribution in [2.45, 2.75) is 18.9 Å². The molecule has 0 saturated carbocycles. The summed E-state index contributed by atoms with van der Waals surface area (Å²) in [5, 5.41) is 7.83. The summed E-state index contributed by atoms with van der Waals surface area (Å²) in [4.78, 5) is 21.4. The van der Waals surface area contributed by atoms with Crippen LogP contribution in [-0.4, -0.2) is 52.3 Å². The third kappa shape index (κ3) is 3.43. The normalized spacial score (nSPS) is 18.5. The van der Waals surface area contributed by atoms with Gasteiger partial charge in [0.25, 0.3) is 5.91 Å². The van der Waals surface area contributed by atoms with E-state index in [1.165, 1.54) is 6.07 Å². The number of nitrogens with two attached hydrogens (primary N) is 1. The van der Waals surface area contributed by atoms with E-state index in [0.717, 1.165) is 41.9 Å². The number of anilines is 3. The first-order chi connectivity index (χ1) is 15.4. The number of amides is 1. The van der Waals surface area contributed by atoms with Crippen molar-refractivity contribution in [3.05, 3.63) is 53.7 Å². The van der Waals surface area contributed by atoms with Crippen LogP contribution in [0.2, 0.25) is 0 Å². The van der Waals surface area contributed by atoms with Gasteiger partial charge in [0.1, 0.15) is 11.6 Å². The van der Waals surface area contributed by atoms with Crippen LogP contribution in [0.1, 0.15) is 34.9 Å². The lowest BCUT2D eigenvalue weighted by Gasteiger charge is -2.30. The molecule has 166 valence electrons. The van der Waals surface area contributed by atoms with E-state index < -0.39 is 0 Å². The quantitative estimate of drug-likeness (QED) is 0.564. The van der Waals surface area contributed by atoms with Gasteiger partial charge in [0, 0.05) is 68.5 Å². The van der Waals surface area contributed by atoms with Crippen molar-refractivity contribution >= 4 is 23.1 Å². The molecule has 9 heteroatoms. The fourth-order valence-electron chi connectivity index (χ4n) is 4.69. The molecule has 32 heavy (non-hydrogen) atoms. The zero-order valence-corrected chi connectivity index (χ0v) is 18.2. The van der Waals surface area contributed by atoms with E-state index in [4.69, 9.17) is 5.73 Å². The molecule has 2 aliphatic rings. The van der Waals surface area contributed by atoms with Gasteiger partial charge in [-0.05, 0) is 37.1 Å². The molecule has 0 unspecified atom stereocenters. The molecule has 5 rings (SSSR count). The second-order valence-corrected chi connectivity index (χ2v) is 8.43. The van der Waals surface area contributed by atoms with Gasteiger partial charge >= 0.3 is 0 Å². The molecular weight excluding hydrogens is 409 g/mol. The summed E-state index contributed by atoms with van der Waals surface area (Å²) in [7, 11) is 3.55. The second kappa shape index (κ2) is 7.81. The van der Waals surface area contributed by atoms with Gasteiger partial charge < -0.3 is 20.9 Å². The molecule has 1 amide bonds. The van der Waals surface area contributed by atoms with E-state index in [2.05, 4.69) is 20.3 Å². The number of nitrogens with zero attached hydrogens (tertiary/aromatic N) is 5. The summed E-state index contributed by atoms with van der Waals surface area (Å²) in [5.41, 5.74) is 10.7. The monoisotopic (exact) mass is 435 g/mol. The Morgan fingerprint density at radius 3 is 2.91 bits per heavy atom. The molecule has 2 bridgehead atoms. The number of carbonyl (C=O) groups is 1. The average Bonchev–Trinajstić information content (AvgIpc) is 3.40. The molecule has 1 saturated heterocycles. The van der Waals surface area contributed by atoms with Crippen molar-refractivity contribution in [3.8, 4) is 11.1 Å². The van der Waals surface area contributed by atoms with E-state index in [-0.39, 0.29) is 17.8 Å². The van der Waals surface area contributed by atoms with E-state index in [1.807, 2.05) is 12.3 Å². The topological polar surface area (TPSA) is 92.3 Å². The van der Waals surface area contributed by atoms with Gasteiger partial charge in [-0.25, -0.2) is 9.37 Å². The fourth-order valence-corrected chi connectivity index (χ4v) is 4.69. The highest BCUT2D eigenvalue weighted by atomic mass is 19.1. The third-order valence-electron chi connectivity index (χ3n) is 6.28. The first-order valence-corrected chi connectivity index (χ1v) is 10.8. The van der Waals surface area contributed by atoms with E-state index in [1.54, 1.807) is 42.0 Å². The molecule has 0 spiro atoms. The van der Waals surface area contributed by atoms with Crippen molar-refractivity contribution in [1.29, 1.82) is 0 Å². The van der Waals surface area contributed by atoms with Gasteiger partial charge in [0.15, 0.2) is 5.69 Å². The number of fused-ring (bicyclic) bond motifs is 8. The largest absolute Gasteiger partial charge is 0.383 e. The maximum Gasteiger partial charge on any atom is 0.274 e. The van der Waals surface area contributed by atoms with E-state index in [9.17, 15) is 9.18 Å². The Labute approximate surface area is 185 Å². The Morgan fingerprint density at radius 1 is 1.22 bits per heavy atom. The first-order valence-electron chi connectivity index (χ1n) is 10.8. The highest BCUT2D eigenvalue weighted by molar-refractivity contribution is 5.99. The van der Waals surface area contributed by atoms with Crippen LogP contribution in [0.3, 0.4) is 0 Å². The number of carbonyl (C=O) groups excluding carboxylic acids is 1. The molecule has 3 N–H and O–H groups in total. The maximum atomic E-state index is 14.3. The van der Waals surface area contributed by atoms with E-state index in [0.29, 0.717) is 30.2 Å². The van der Waals surface area contributed by atoms with Gasteiger partial charge in [-0.15, -0.1) is 0 Å². The number of nitrogen functional groups attached to an aromatic ring is 1.